The lowest BCUT2D eigenvalue weighted by atomic mass is 10.1. The molecule has 0 atom stereocenters. The normalized spacial score (nSPS) is 10.9. The molecular formula is C22H31N3OS. The van der Waals surface area contributed by atoms with Gasteiger partial charge < -0.3 is 15.4 Å². The van der Waals surface area contributed by atoms with Crippen LogP contribution in [0.1, 0.15) is 30.5 Å². The predicted molar refractivity (Wildman–Crippen MR) is 117 cm³/mol. The van der Waals surface area contributed by atoms with Gasteiger partial charge >= 0.3 is 0 Å². The van der Waals surface area contributed by atoms with Crippen molar-refractivity contribution in [2.75, 3.05) is 20.7 Å². The minimum Gasteiger partial charge on any atom is -0.497 e. The van der Waals surface area contributed by atoms with Gasteiger partial charge in [0.1, 0.15) is 5.75 Å². The zero-order valence-corrected chi connectivity index (χ0v) is 17.6. The van der Waals surface area contributed by atoms with Gasteiger partial charge in [0.25, 0.3) is 0 Å². The predicted octanol–water partition coefficient (Wildman–Crippen LogP) is 3.74. The van der Waals surface area contributed by atoms with Crippen LogP contribution in [0.2, 0.25) is 0 Å². The third kappa shape index (κ3) is 7.19. The molecule has 0 aliphatic carbocycles. The second-order valence-electron chi connectivity index (χ2n) is 6.99. The summed E-state index contributed by atoms with van der Waals surface area (Å²) in [6.45, 7) is 6.89. The van der Waals surface area contributed by atoms with Crippen molar-refractivity contribution in [2.45, 2.75) is 39.4 Å². The van der Waals surface area contributed by atoms with Crippen LogP contribution in [0.4, 0.5) is 0 Å². The van der Waals surface area contributed by atoms with Gasteiger partial charge in [0.15, 0.2) is 5.11 Å². The van der Waals surface area contributed by atoms with E-state index < -0.39 is 0 Å². The van der Waals surface area contributed by atoms with E-state index in [0.717, 1.165) is 31.8 Å². The van der Waals surface area contributed by atoms with Crippen LogP contribution in [0.5, 0.6) is 5.75 Å². The van der Waals surface area contributed by atoms with Gasteiger partial charge in [0.05, 0.1) is 7.11 Å². The van der Waals surface area contributed by atoms with Gasteiger partial charge in [0, 0.05) is 25.7 Å². The summed E-state index contributed by atoms with van der Waals surface area (Å²) in [4.78, 5) is 2.34. The zero-order chi connectivity index (χ0) is 19.6. The Morgan fingerprint density at radius 2 is 1.70 bits per heavy atom. The molecule has 2 N–H and O–H groups in total. The van der Waals surface area contributed by atoms with E-state index >= 15 is 0 Å². The van der Waals surface area contributed by atoms with Gasteiger partial charge in [-0.2, -0.15) is 0 Å². The molecule has 0 saturated carbocycles. The number of rotatable bonds is 9. The first-order valence-corrected chi connectivity index (χ1v) is 9.82. The van der Waals surface area contributed by atoms with E-state index in [9.17, 15) is 0 Å². The third-order valence-corrected chi connectivity index (χ3v) is 5.01. The summed E-state index contributed by atoms with van der Waals surface area (Å²) in [6, 6.07) is 17.2. The molecule has 0 aromatic heterocycles. The number of nitrogens with one attached hydrogen (secondary N) is 2. The van der Waals surface area contributed by atoms with E-state index in [-0.39, 0.29) is 0 Å². The molecule has 0 aliphatic heterocycles. The van der Waals surface area contributed by atoms with E-state index in [0.29, 0.717) is 11.2 Å². The van der Waals surface area contributed by atoms with Crippen molar-refractivity contribution in [2.24, 2.45) is 0 Å². The Kier molecular flexibility index (Phi) is 8.55. The quantitative estimate of drug-likeness (QED) is 0.643. The summed E-state index contributed by atoms with van der Waals surface area (Å²) in [5, 5.41) is 7.31. The summed E-state index contributed by atoms with van der Waals surface area (Å²) in [5.74, 6) is 0.880. The number of benzene rings is 2. The minimum atomic E-state index is 0.520. The summed E-state index contributed by atoms with van der Waals surface area (Å²) in [5.41, 5.74) is 3.87. The van der Waals surface area contributed by atoms with Crippen molar-refractivity contribution in [3.63, 3.8) is 0 Å². The standard InChI is InChI=1S/C22H31N3OS/c1-17(2)25(3)16-20-8-6-5-7-19(20)15-24-22(27)23-14-13-18-9-11-21(26-4)12-10-18/h5-12,17H,13-16H2,1-4H3,(H2,23,24,27). The summed E-state index contributed by atoms with van der Waals surface area (Å²) >= 11 is 5.43. The molecular weight excluding hydrogens is 354 g/mol. The highest BCUT2D eigenvalue weighted by Gasteiger charge is 2.08. The highest BCUT2D eigenvalue weighted by Crippen LogP contribution is 2.13. The number of ether oxygens (including phenoxy) is 1. The zero-order valence-electron chi connectivity index (χ0n) is 16.8. The number of methoxy groups -OCH3 is 1. The fourth-order valence-electron chi connectivity index (χ4n) is 2.69. The Bertz CT molecular complexity index is 716. The van der Waals surface area contributed by atoms with Crippen molar-refractivity contribution in [3.8, 4) is 5.75 Å². The van der Waals surface area contributed by atoms with Crippen LogP contribution < -0.4 is 15.4 Å². The molecule has 5 heteroatoms. The monoisotopic (exact) mass is 385 g/mol. The second kappa shape index (κ2) is 10.9. The van der Waals surface area contributed by atoms with Gasteiger partial charge in [0.2, 0.25) is 0 Å². The van der Waals surface area contributed by atoms with Crippen LogP contribution >= 0.6 is 12.2 Å². The number of thiocarbonyl (C=S) groups is 1. The van der Waals surface area contributed by atoms with E-state index in [1.807, 2.05) is 12.1 Å². The van der Waals surface area contributed by atoms with Crippen molar-refractivity contribution in [1.29, 1.82) is 0 Å². The number of hydrogen-bond donors (Lipinski definition) is 2. The van der Waals surface area contributed by atoms with Gasteiger partial charge in [-0.1, -0.05) is 36.4 Å². The maximum atomic E-state index is 5.43. The first kappa shape index (κ1) is 21.2. The van der Waals surface area contributed by atoms with Crippen molar-refractivity contribution < 1.29 is 4.74 Å². The topological polar surface area (TPSA) is 36.5 Å². The average molecular weight is 386 g/mol. The Morgan fingerprint density at radius 1 is 1.04 bits per heavy atom. The van der Waals surface area contributed by atoms with Gasteiger partial charge in [-0.15, -0.1) is 0 Å². The van der Waals surface area contributed by atoms with Crippen LogP contribution in [-0.2, 0) is 19.5 Å². The van der Waals surface area contributed by atoms with E-state index in [1.54, 1.807) is 7.11 Å². The smallest absolute Gasteiger partial charge is 0.166 e. The summed E-state index contributed by atoms with van der Waals surface area (Å²) < 4.78 is 5.18. The molecule has 0 fully saturated rings. The molecule has 0 radical (unpaired) electrons. The molecule has 0 aliphatic rings. The Labute approximate surface area is 168 Å². The molecule has 2 aromatic carbocycles. The van der Waals surface area contributed by atoms with E-state index in [2.05, 4.69) is 72.8 Å². The fourth-order valence-corrected chi connectivity index (χ4v) is 2.86. The van der Waals surface area contributed by atoms with Crippen LogP contribution in [-0.4, -0.2) is 36.8 Å². The minimum absolute atomic E-state index is 0.520. The van der Waals surface area contributed by atoms with Gasteiger partial charge in [-0.05, 0) is 68.4 Å². The largest absolute Gasteiger partial charge is 0.497 e. The maximum Gasteiger partial charge on any atom is 0.166 e. The molecule has 0 spiro atoms. The van der Waals surface area contributed by atoms with Crippen molar-refractivity contribution in [3.05, 3.63) is 65.2 Å². The first-order valence-electron chi connectivity index (χ1n) is 9.41. The Balaban J connectivity index is 1.78. The molecule has 146 valence electrons. The fraction of sp³-hybridized carbons (Fsp3) is 0.409. The molecule has 0 heterocycles. The first-order chi connectivity index (χ1) is 13.0. The molecule has 0 bridgehead atoms. The van der Waals surface area contributed by atoms with E-state index in [4.69, 9.17) is 17.0 Å². The molecule has 27 heavy (non-hydrogen) atoms. The Hall–Kier alpha value is -2.11. The average Bonchev–Trinajstić information content (AvgIpc) is 2.67. The Morgan fingerprint density at radius 3 is 2.33 bits per heavy atom. The molecule has 0 saturated heterocycles. The van der Waals surface area contributed by atoms with Gasteiger partial charge in [-0.3, -0.25) is 4.90 Å². The van der Waals surface area contributed by atoms with Crippen LogP contribution in [0, 0.1) is 0 Å². The molecule has 4 nitrogen and oxygen atoms in total. The van der Waals surface area contributed by atoms with Crippen LogP contribution in [0.25, 0.3) is 0 Å². The SMILES string of the molecule is COc1ccc(CCNC(=S)NCc2ccccc2CN(C)C(C)C)cc1. The van der Waals surface area contributed by atoms with E-state index in [1.165, 1.54) is 16.7 Å². The number of nitrogens with zero attached hydrogens (tertiary/aromatic N) is 1. The van der Waals surface area contributed by atoms with Gasteiger partial charge in [-0.25, -0.2) is 0 Å². The van der Waals surface area contributed by atoms with Crippen molar-refractivity contribution in [1.82, 2.24) is 15.5 Å². The van der Waals surface area contributed by atoms with Crippen LogP contribution in [0.3, 0.4) is 0 Å². The molecule has 2 rings (SSSR count). The summed E-state index contributed by atoms with van der Waals surface area (Å²) in [7, 11) is 3.83. The number of hydrogen-bond acceptors (Lipinski definition) is 3. The lowest BCUT2D eigenvalue weighted by Gasteiger charge is -2.22. The maximum absolute atomic E-state index is 5.43. The lowest BCUT2D eigenvalue weighted by Crippen LogP contribution is -2.36. The third-order valence-electron chi connectivity index (χ3n) is 4.72. The highest BCUT2D eigenvalue weighted by atomic mass is 32.1. The van der Waals surface area contributed by atoms with Crippen LogP contribution in [0.15, 0.2) is 48.5 Å². The summed E-state index contributed by atoms with van der Waals surface area (Å²) in [6.07, 6.45) is 0.918. The lowest BCUT2D eigenvalue weighted by molar-refractivity contribution is 0.265. The molecule has 0 unspecified atom stereocenters. The highest BCUT2D eigenvalue weighted by molar-refractivity contribution is 7.80. The second-order valence-corrected chi connectivity index (χ2v) is 7.39. The molecule has 2 aromatic rings. The molecule has 0 amide bonds. The van der Waals surface area contributed by atoms with Crippen molar-refractivity contribution >= 4 is 17.3 Å².